The molecule has 0 radical (unpaired) electrons. The standard InChI is InChI=1S/C17H27N3O2/c1-13-4-5-14(11-20(2)3)10-15(13)19-16(21)17(12-18)6-8-22-9-7-17/h4-5,10H,6-9,11-12,18H2,1-3H3,(H,19,21). The Bertz CT molecular complexity index is 523. The van der Waals surface area contributed by atoms with Crippen molar-refractivity contribution in [3.05, 3.63) is 29.3 Å². The van der Waals surface area contributed by atoms with Crippen molar-refractivity contribution in [2.45, 2.75) is 26.3 Å². The molecule has 0 spiro atoms. The van der Waals surface area contributed by atoms with E-state index in [1.54, 1.807) is 0 Å². The smallest absolute Gasteiger partial charge is 0.232 e. The van der Waals surface area contributed by atoms with E-state index < -0.39 is 5.41 Å². The molecule has 22 heavy (non-hydrogen) atoms. The molecular formula is C17H27N3O2. The van der Waals surface area contributed by atoms with Gasteiger partial charge in [0.15, 0.2) is 0 Å². The minimum absolute atomic E-state index is 0.0170. The van der Waals surface area contributed by atoms with Crippen molar-refractivity contribution in [2.75, 3.05) is 39.2 Å². The van der Waals surface area contributed by atoms with Crippen LogP contribution in [0.5, 0.6) is 0 Å². The Kier molecular flexibility index (Phi) is 5.56. The molecule has 1 aliphatic rings. The molecule has 122 valence electrons. The Morgan fingerprint density at radius 3 is 2.64 bits per heavy atom. The SMILES string of the molecule is Cc1ccc(CN(C)C)cc1NC(=O)C1(CN)CCOCC1. The van der Waals surface area contributed by atoms with Crippen LogP contribution in [0.2, 0.25) is 0 Å². The topological polar surface area (TPSA) is 67.6 Å². The van der Waals surface area contributed by atoms with Gasteiger partial charge in [-0.05, 0) is 51.1 Å². The number of amides is 1. The van der Waals surface area contributed by atoms with E-state index in [9.17, 15) is 4.79 Å². The number of aryl methyl sites for hydroxylation is 1. The lowest BCUT2D eigenvalue weighted by Gasteiger charge is -2.34. The Balaban J connectivity index is 2.16. The van der Waals surface area contributed by atoms with Gasteiger partial charge in [-0.15, -0.1) is 0 Å². The summed E-state index contributed by atoms with van der Waals surface area (Å²) in [4.78, 5) is 14.9. The Hall–Kier alpha value is -1.43. The number of anilines is 1. The molecule has 1 aromatic carbocycles. The molecule has 1 aromatic rings. The van der Waals surface area contributed by atoms with E-state index in [1.165, 1.54) is 5.56 Å². The molecule has 0 unspecified atom stereocenters. The molecule has 0 bridgehead atoms. The molecule has 0 atom stereocenters. The predicted molar refractivity (Wildman–Crippen MR) is 88.7 cm³/mol. The van der Waals surface area contributed by atoms with Crippen LogP contribution < -0.4 is 11.1 Å². The Morgan fingerprint density at radius 1 is 1.36 bits per heavy atom. The summed E-state index contributed by atoms with van der Waals surface area (Å²) in [5, 5.41) is 3.09. The summed E-state index contributed by atoms with van der Waals surface area (Å²) >= 11 is 0. The van der Waals surface area contributed by atoms with Crippen LogP contribution in [0.4, 0.5) is 5.69 Å². The van der Waals surface area contributed by atoms with Gasteiger partial charge in [-0.3, -0.25) is 4.79 Å². The van der Waals surface area contributed by atoms with E-state index in [1.807, 2.05) is 27.1 Å². The predicted octanol–water partition coefficient (Wildman–Crippen LogP) is 1.75. The first-order valence-electron chi connectivity index (χ1n) is 7.80. The number of benzene rings is 1. The van der Waals surface area contributed by atoms with Gasteiger partial charge < -0.3 is 20.7 Å². The summed E-state index contributed by atoms with van der Waals surface area (Å²) in [5.41, 5.74) is 8.53. The molecule has 5 nitrogen and oxygen atoms in total. The fourth-order valence-electron chi connectivity index (χ4n) is 2.81. The molecule has 0 aromatic heterocycles. The highest BCUT2D eigenvalue weighted by Crippen LogP contribution is 2.31. The summed E-state index contributed by atoms with van der Waals surface area (Å²) in [5.74, 6) is 0.0170. The van der Waals surface area contributed by atoms with Crippen molar-refractivity contribution in [1.29, 1.82) is 0 Å². The highest BCUT2D eigenvalue weighted by atomic mass is 16.5. The van der Waals surface area contributed by atoms with Gasteiger partial charge in [0.1, 0.15) is 0 Å². The maximum absolute atomic E-state index is 12.7. The van der Waals surface area contributed by atoms with Crippen LogP contribution in [0.15, 0.2) is 18.2 Å². The number of hydrogen-bond donors (Lipinski definition) is 2. The third kappa shape index (κ3) is 3.85. The van der Waals surface area contributed by atoms with Crippen molar-refractivity contribution in [2.24, 2.45) is 11.1 Å². The lowest BCUT2D eigenvalue weighted by Crippen LogP contribution is -2.46. The zero-order valence-corrected chi connectivity index (χ0v) is 13.8. The first kappa shape index (κ1) is 16.9. The number of ether oxygens (including phenoxy) is 1. The zero-order valence-electron chi connectivity index (χ0n) is 13.8. The van der Waals surface area contributed by atoms with Gasteiger partial charge in [-0.25, -0.2) is 0 Å². The van der Waals surface area contributed by atoms with E-state index >= 15 is 0 Å². The Labute approximate surface area is 132 Å². The summed E-state index contributed by atoms with van der Waals surface area (Å²) in [6.07, 6.45) is 1.37. The summed E-state index contributed by atoms with van der Waals surface area (Å²) in [6.45, 7) is 4.42. The van der Waals surface area contributed by atoms with Gasteiger partial charge in [0.05, 0.1) is 5.41 Å². The molecule has 1 fully saturated rings. The van der Waals surface area contributed by atoms with Crippen molar-refractivity contribution >= 4 is 11.6 Å². The second-order valence-corrected chi connectivity index (χ2v) is 6.44. The number of carbonyl (C=O) groups excluding carboxylic acids is 1. The molecule has 0 aliphatic carbocycles. The van der Waals surface area contributed by atoms with Crippen molar-refractivity contribution in [3.63, 3.8) is 0 Å². The first-order valence-corrected chi connectivity index (χ1v) is 7.80. The third-order valence-corrected chi connectivity index (χ3v) is 4.37. The minimum atomic E-state index is -0.498. The number of hydrogen-bond acceptors (Lipinski definition) is 4. The van der Waals surface area contributed by atoms with E-state index in [4.69, 9.17) is 10.5 Å². The number of carbonyl (C=O) groups is 1. The van der Waals surface area contributed by atoms with Crippen molar-refractivity contribution < 1.29 is 9.53 Å². The minimum Gasteiger partial charge on any atom is -0.381 e. The van der Waals surface area contributed by atoms with Gasteiger partial charge in [-0.1, -0.05) is 12.1 Å². The summed E-state index contributed by atoms with van der Waals surface area (Å²) in [6, 6.07) is 6.20. The van der Waals surface area contributed by atoms with Crippen molar-refractivity contribution in [1.82, 2.24) is 4.90 Å². The summed E-state index contributed by atoms with van der Waals surface area (Å²) < 4.78 is 5.37. The van der Waals surface area contributed by atoms with Crippen LogP contribution in [-0.4, -0.2) is 44.7 Å². The van der Waals surface area contributed by atoms with Crippen LogP contribution in [0.1, 0.15) is 24.0 Å². The Morgan fingerprint density at radius 2 is 2.05 bits per heavy atom. The first-order chi connectivity index (χ1) is 10.5. The largest absolute Gasteiger partial charge is 0.381 e. The molecule has 2 rings (SSSR count). The lowest BCUT2D eigenvalue weighted by atomic mass is 9.79. The van der Waals surface area contributed by atoms with Gasteiger partial charge in [-0.2, -0.15) is 0 Å². The zero-order chi connectivity index (χ0) is 16.2. The molecule has 5 heteroatoms. The van der Waals surface area contributed by atoms with Crippen LogP contribution in [-0.2, 0) is 16.1 Å². The maximum atomic E-state index is 12.7. The molecule has 3 N–H and O–H groups in total. The highest BCUT2D eigenvalue weighted by molar-refractivity contribution is 5.96. The number of rotatable bonds is 5. The monoisotopic (exact) mass is 305 g/mol. The van der Waals surface area contributed by atoms with E-state index in [0.29, 0.717) is 32.6 Å². The number of nitrogens with one attached hydrogen (secondary N) is 1. The fraction of sp³-hybridized carbons (Fsp3) is 0.588. The van der Waals surface area contributed by atoms with Gasteiger partial charge >= 0.3 is 0 Å². The molecular weight excluding hydrogens is 278 g/mol. The number of nitrogens with zero attached hydrogens (tertiary/aromatic N) is 1. The molecule has 0 saturated carbocycles. The van der Waals surface area contributed by atoms with E-state index in [2.05, 4.69) is 22.3 Å². The molecule has 1 amide bonds. The highest BCUT2D eigenvalue weighted by Gasteiger charge is 2.38. The molecule has 1 heterocycles. The van der Waals surface area contributed by atoms with Crippen LogP contribution in [0.25, 0.3) is 0 Å². The molecule has 1 aliphatic heterocycles. The summed E-state index contributed by atoms with van der Waals surface area (Å²) in [7, 11) is 4.06. The third-order valence-electron chi connectivity index (χ3n) is 4.37. The second kappa shape index (κ2) is 7.22. The second-order valence-electron chi connectivity index (χ2n) is 6.44. The van der Waals surface area contributed by atoms with E-state index in [-0.39, 0.29) is 5.91 Å². The van der Waals surface area contributed by atoms with Gasteiger partial charge in [0, 0.05) is 32.0 Å². The maximum Gasteiger partial charge on any atom is 0.232 e. The van der Waals surface area contributed by atoms with Gasteiger partial charge in [0.2, 0.25) is 5.91 Å². The lowest BCUT2D eigenvalue weighted by molar-refractivity contribution is -0.130. The molecule has 1 saturated heterocycles. The van der Waals surface area contributed by atoms with Crippen LogP contribution in [0, 0.1) is 12.3 Å². The van der Waals surface area contributed by atoms with Gasteiger partial charge in [0.25, 0.3) is 0 Å². The quantitative estimate of drug-likeness (QED) is 0.870. The number of nitrogens with two attached hydrogens (primary N) is 1. The van der Waals surface area contributed by atoms with Crippen molar-refractivity contribution in [3.8, 4) is 0 Å². The van der Waals surface area contributed by atoms with Crippen LogP contribution in [0.3, 0.4) is 0 Å². The fourth-order valence-corrected chi connectivity index (χ4v) is 2.81. The normalized spacial score (nSPS) is 17.5. The van der Waals surface area contributed by atoms with Crippen LogP contribution >= 0.6 is 0 Å². The van der Waals surface area contributed by atoms with E-state index in [0.717, 1.165) is 17.8 Å². The average molecular weight is 305 g/mol. The average Bonchev–Trinajstić information content (AvgIpc) is 2.50.